The van der Waals surface area contributed by atoms with E-state index in [0.717, 1.165) is 11.8 Å². The number of rotatable bonds is 10. The number of nitrogens with zero attached hydrogens (tertiary/aromatic N) is 5. The number of aliphatic hydroxyl groups is 3. The average Bonchev–Trinajstić information content (AvgIpc) is 3.42. The lowest BCUT2D eigenvalue weighted by molar-refractivity contribution is -0.0629. The average molecular weight is 533 g/mol. The Kier molecular flexibility index (Phi) is 3.93. The molecule has 4 N–H and O–H groups in total. The summed E-state index contributed by atoms with van der Waals surface area (Å²) >= 11 is 1.02. The molecule has 0 unspecified atom stereocenters. The van der Waals surface area contributed by atoms with Crippen LogP contribution in [0.15, 0.2) is 23.3 Å². The van der Waals surface area contributed by atoms with Crippen LogP contribution in [-0.2, 0) is 4.74 Å². The van der Waals surface area contributed by atoms with Gasteiger partial charge in [0.15, 0.2) is 22.1 Å². The van der Waals surface area contributed by atoms with Crippen molar-refractivity contribution in [3.63, 3.8) is 0 Å². The summed E-state index contributed by atoms with van der Waals surface area (Å²) < 4.78 is 135. The van der Waals surface area contributed by atoms with Gasteiger partial charge in [-0.15, -0.1) is 5.10 Å². The van der Waals surface area contributed by atoms with Crippen LogP contribution in [-0.4, -0.2) is 83.4 Å². The third-order valence-corrected chi connectivity index (χ3v) is 6.33. The molecule has 1 aromatic carbocycles. The van der Waals surface area contributed by atoms with Crippen LogP contribution in [0.5, 0.6) is 0 Å². The number of anilines is 1. The summed E-state index contributed by atoms with van der Waals surface area (Å²) in [5.74, 6) is -2.73. The first kappa shape index (κ1) is 13.4. The molecule has 0 spiro atoms. The van der Waals surface area contributed by atoms with Crippen LogP contribution in [0.4, 0.5) is 10.2 Å². The van der Waals surface area contributed by atoms with Crippen molar-refractivity contribution < 1.29 is 43.6 Å². The Morgan fingerprint density at radius 1 is 1.39 bits per heavy atom. The zero-order chi connectivity index (χ0) is 38.0. The first-order chi connectivity index (χ1) is 22.6. The van der Waals surface area contributed by atoms with E-state index >= 15 is 0 Å². The second-order valence-corrected chi connectivity index (χ2v) is 8.87. The van der Waals surface area contributed by atoms with Crippen molar-refractivity contribution in [1.82, 2.24) is 25.0 Å². The molecule has 0 amide bonds. The molecule has 194 valence electrons. The van der Waals surface area contributed by atoms with Gasteiger partial charge in [-0.25, -0.2) is 19.0 Å². The topological polar surface area (TPSA) is 138 Å². The number of nitrogens with one attached hydrogen (secondary N) is 1. The summed E-state index contributed by atoms with van der Waals surface area (Å²) in [4.78, 5) is 8.56. The Balaban J connectivity index is 1.67. The number of hydrogen-bond donors (Lipinski definition) is 4. The molecule has 2 saturated carbocycles. The Bertz CT molecular complexity index is 1860. The summed E-state index contributed by atoms with van der Waals surface area (Å²) in [5, 5.41) is 42.2. The van der Waals surface area contributed by atoms with Crippen molar-refractivity contribution in [2.75, 3.05) is 24.2 Å². The highest BCUT2D eigenvalue weighted by Crippen LogP contribution is 2.44. The lowest BCUT2D eigenvalue weighted by Crippen LogP contribution is -2.33. The summed E-state index contributed by atoms with van der Waals surface area (Å²) in [6, 6.07) is -6.63. The Morgan fingerprint density at radius 2 is 2.22 bits per heavy atom. The third-order valence-electron chi connectivity index (χ3n) is 5.28. The summed E-state index contributed by atoms with van der Waals surface area (Å²) in [7, 11) is 0. The van der Waals surface area contributed by atoms with E-state index in [1.165, 1.54) is 6.92 Å². The van der Waals surface area contributed by atoms with Crippen LogP contribution >= 0.6 is 11.8 Å². The van der Waals surface area contributed by atoms with Gasteiger partial charge < -0.3 is 25.4 Å². The van der Waals surface area contributed by atoms with Crippen LogP contribution < -0.4 is 5.32 Å². The molecule has 2 fully saturated rings. The van der Waals surface area contributed by atoms with Gasteiger partial charge >= 0.3 is 0 Å². The van der Waals surface area contributed by atoms with Crippen LogP contribution in [0.3, 0.4) is 0 Å². The highest BCUT2D eigenvalue weighted by atomic mass is 32.2. The highest BCUT2D eigenvalue weighted by molar-refractivity contribution is 7.99. The molecule has 36 heavy (non-hydrogen) atoms. The van der Waals surface area contributed by atoms with E-state index in [2.05, 4.69) is 30.3 Å². The van der Waals surface area contributed by atoms with Gasteiger partial charge in [0, 0.05) is 28.2 Å². The van der Waals surface area contributed by atoms with Crippen LogP contribution in [0.2, 0.25) is 0 Å². The number of fused-ring (bicyclic) bond motifs is 1. The number of benzene rings is 1. The summed E-state index contributed by atoms with van der Waals surface area (Å²) in [6.45, 7) is -4.99. The van der Waals surface area contributed by atoms with Crippen molar-refractivity contribution in [3.8, 4) is 0 Å². The van der Waals surface area contributed by atoms with E-state index in [1.54, 1.807) is 0 Å². The molecule has 2 heterocycles. The Morgan fingerprint density at radius 3 is 3.00 bits per heavy atom. The van der Waals surface area contributed by atoms with Gasteiger partial charge in [0.05, 0.1) is 40.3 Å². The van der Waals surface area contributed by atoms with Gasteiger partial charge in [0.2, 0.25) is 0 Å². The maximum absolute atomic E-state index is 14.8. The van der Waals surface area contributed by atoms with Crippen LogP contribution in [0, 0.1) is 12.7 Å². The van der Waals surface area contributed by atoms with Crippen molar-refractivity contribution in [2.45, 2.75) is 74.4 Å². The molecule has 0 bridgehead atoms. The molecule has 6 atom stereocenters. The molecule has 0 aliphatic heterocycles. The molecule has 2 aliphatic carbocycles. The molecule has 2 aliphatic rings. The fraction of sp³-hybridized carbons (Fsp3) is 0.583. The highest BCUT2D eigenvalue weighted by Gasteiger charge is 2.45. The molecule has 0 saturated heterocycles. The maximum Gasteiger partial charge on any atom is 0.191 e. The molecule has 3 aromatic rings. The number of thioether (sulfide) groups is 1. The van der Waals surface area contributed by atoms with Crippen molar-refractivity contribution in [1.29, 1.82) is 0 Å². The largest absolute Gasteiger partial charge is 0.394 e. The Labute approximate surface area is 232 Å². The van der Waals surface area contributed by atoms with Crippen molar-refractivity contribution >= 4 is 28.7 Å². The van der Waals surface area contributed by atoms with Gasteiger partial charge in [0.1, 0.15) is 18.0 Å². The predicted molar refractivity (Wildman–Crippen MR) is 133 cm³/mol. The predicted octanol–water partition coefficient (Wildman–Crippen LogP) is 2.18. The first-order valence-electron chi connectivity index (χ1n) is 17.8. The second-order valence-electron chi connectivity index (χ2n) is 7.81. The summed E-state index contributed by atoms with van der Waals surface area (Å²) in [6.07, 6.45) is -16.4. The van der Waals surface area contributed by atoms with Crippen LogP contribution in [0.25, 0.3) is 11.2 Å². The lowest BCUT2D eigenvalue weighted by Gasteiger charge is -2.17. The third kappa shape index (κ3) is 4.92. The van der Waals surface area contributed by atoms with E-state index in [0.29, 0.717) is 12.2 Å². The van der Waals surface area contributed by atoms with Gasteiger partial charge in [-0.2, -0.15) is 0 Å². The first-order valence-corrected chi connectivity index (χ1v) is 11.8. The quantitative estimate of drug-likeness (QED) is 0.227. The van der Waals surface area contributed by atoms with E-state index in [1.807, 2.05) is 6.92 Å². The number of ether oxygens (including phenoxy) is 1. The van der Waals surface area contributed by atoms with E-state index in [-0.39, 0.29) is 33.2 Å². The van der Waals surface area contributed by atoms with Crippen LogP contribution in [0.1, 0.15) is 68.4 Å². The maximum atomic E-state index is 14.8. The molecular formula is C24H31FN6O4S. The minimum absolute atomic E-state index is 0.103. The van der Waals surface area contributed by atoms with Gasteiger partial charge in [0.25, 0.3) is 0 Å². The molecule has 2 aromatic heterocycles. The van der Waals surface area contributed by atoms with Gasteiger partial charge in [-0.05, 0) is 36.9 Å². The fourth-order valence-electron chi connectivity index (χ4n) is 3.40. The van der Waals surface area contributed by atoms with Crippen molar-refractivity contribution in [3.05, 3.63) is 35.1 Å². The fourth-order valence-corrected chi connectivity index (χ4v) is 4.09. The number of hydrogen-bond acceptors (Lipinski definition) is 10. The molecule has 12 heteroatoms. The van der Waals surface area contributed by atoms with Crippen molar-refractivity contribution in [2.24, 2.45) is 0 Å². The van der Waals surface area contributed by atoms with E-state index in [4.69, 9.17) is 19.2 Å². The monoisotopic (exact) mass is 532 g/mol. The SMILES string of the molecule is [2H]c1c([2H])c([C@]2([2H])C[C@H]2Nc2nc(SCCC)nc3c2nnn3[C@]2([2H])C([2H])([2H])[C@]([2H])(OC([2H])([2H])C([2H])([2H])O)[C@@]([2H])(O)[C@@]2([2H])O)c([2H])c(F)c1C. The minimum Gasteiger partial charge on any atom is -0.394 e. The standard InChI is InChI=1S/C24H31FN6O4S/c1-3-8-36-24-27-22(26-16-10-14(16)13-5-4-12(2)15(25)9-13)19-23(28-24)31(30-29-19)17-11-18(35-7-6-32)21(34)20(17)33/h4-5,9,14,16-18,20-21,32-34H,3,6-8,10-11H2,1-2H3,(H,26,27,28)/t14-,16+,17+,18-,20-,21+/m0/s1/i4D,5D,6D2,7D2,9D,11D2,14D,17D,18D,20D,21D. The molecule has 0 radical (unpaired) electrons. The number of aromatic nitrogens is 5. The summed E-state index contributed by atoms with van der Waals surface area (Å²) in [5.41, 5.74) is -1.65. The van der Waals surface area contributed by atoms with Gasteiger partial charge in [-0.1, -0.05) is 36.0 Å². The van der Waals surface area contributed by atoms with E-state index < -0.39 is 90.8 Å². The minimum atomic E-state index is -4.31. The molecule has 5 rings (SSSR count). The zero-order valence-electron chi connectivity index (χ0n) is 33.0. The Hall–Kier alpha value is -2.38. The lowest BCUT2D eigenvalue weighted by atomic mass is 10.1. The molecule has 10 nitrogen and oxygen atoms in total. The number of halogens is 1. The molecular weight excluding hydrogens is 487 g/mol. The van der Waals surface area contributed by atoms with E-state index in [9.17, 15) is 19.7 Å². The second kappa shape index (κ2) is 10.5. The zero-order valence-corrected chi connectivity index (χ0v) is 19.8. The van der Waals surface area contributed by atoms with Gasteiger partial charge in [-0.3, -0.25) is 0 Å². The normalized spacial score (nSPS) is 45.7. The smallest absolute Gasteiger partial charge is 0.191 e.